The van der Waals surface area contributed by atoms with Gasteiger partial charge in [0.15, 0.2) is 5.75 Å². The van der Waals surface area contributed by atoms with Gasteiger partial charge in [0, 0.05) is 17.3 Å². The van der Waals surface area contributed by atoms with Gasteiger partial charge in [-0.15, -0.1) is 13.2 Å². The first-order valence-corrected chi connectivity index (χ1v) is 5.94. The number of para-hydroxylation sites is 1. The van der Waals surface area contributed by atoms with Gasteiger partial charge in [0.05, 0.1) is 13.3 Å². The third-order valence-corrected chi connectivity index (χ3v) is 2.75. The quantitative estimate of drug-likeness (QED) is 0.937. The number of methoxy groups -OCH3 is 1. The van der Waals surface area contributed by atoms with Crippen molar-refractivity contribution in [2.75, 3.05) is 7.11 Å². The smallest absolute Gasteiger partial charge is 0.494 e. The summed E-state index contributed by atoms with van der Waals surface area (Å²) in [5, 5.41) is 9.29. The first-order chi connectivity index (χ1) is 10.3. The summed E-state index contributed by atoms with van der Waals surface area (Å²) >= 11 is 0. The van der Waals surface area contributed by atoms with Crippen LogP contribution in [0.1, 0.15) is 10.4 Å². The van der Waals surface area contributed by atoms with E-state index in [4.69, 9.17) is 4.74 Å². The summed E-state index contributed by atoms with van der Waals surface area (Å²) in [5.74, 6) is -1.93. The van der Waals surface area contributed by atoms with Crippen molar-refractivity contribution in [1.82, 2.24) is 4.98 Å². The summed E-state index contributed by atoms with van der Waals surface area (Å²) in [5.41, 5.74) is -0.383. The summed E-state index contributed by atoms with van der Waals surface area (Å²) in [6.45, 7) is 0. The molecule has 0 fully saturated rings. The fourth-order valence-corrected chi connectivity index (χ4v) is 1.92. The third-order valence-electron chi connectivity index (χ3n) is 2.75. The van der Waals surface area contributed by atoms with Crippen LogP contribution in [0.5, 0.6) is 11.5 Å². The number of carboxylic acids is 1. The Bertz CT molecular complexity index is 701. The number of hydrogen-bond donors (Lipinski definition) is 1. The molecule has 1 heterocycles. The van der Waals surface area contributed by atoms with Gasteiger partial charge in [-0.3, -0.25) is 4.98 Å². The number of hydrogen-bond acceptors (Lipinski definition) is 4. The summed E-state index contributed by atoms with van der Waals surface area (Å²) in [6.07, 6.45) is -2.59. The van der Waals surface area contributed by atoms with E-state index in [-0.39, 0.29) is 22.4 Å². The van der Waals surface area contributed by atoms with E-state index in [9.17, 15) is 23.1 Å². The second-order valence-corrected chi connectivity index (χ2v) is 4.11. The predicted molar refractivity (Wildman–Crippen MR) is 69.9 cm³/mol. The Kier molecular flexibility index (Phi) is 4.20. The lowest BCUT2D eigenvalue weighted by molar-refractivity contribution is -0.274. The van der Waals surface area contributed by atoms with E-state index < -0.39 is 18.1 Å². The number of carboxylic acid groups (broad SMARTS) is 1. The molecule has 0 aliphatic heterocycles. The third kappa shape index (κ3) is 3.27. The number of carbonyl (C=O) groups is 1. The topological polar surface area (TPSA) is 68.7 Å². The molecule has 1 aromatic carbocycles. The minimum Gasteiger partial charge on any atom is -0.494 e. The molecule has 0 aliphatic carbocycles. The maximum Gasteiger partial charge on any atom is 0.573 e. The van der Waals surface area contributed by atoms with Gasteiger partial charge in [0.1, 0.15) is 11.3 Å². The number of alkyl halides is 3. The zero-order valence-corrected chi connectivity index (χ0v) is 11.2. The van der Waals surface area contributed by atoms with Crippen LogP contribution in [0.4, 0.5) is 13.2 Å². The second kappa shape index (κ2) is 5.92. The highest BCUT2D eigenvalue weighted by Crippen LogP contribution is 2.37. The molecular formula is C14H10F3NO4. The number of nitrogens with zero attached hydrogens (tertiary/aromatic N) is 1. The van der Waals surface area contributed by atoms with E-state index in [1.807, 2.05) is 0 Å². The van der Waals surface area contributed by atoms with Gasteiger partial charge in [-0.25, -0.2) is 4.79 Å². The van der Waals surface area contributed by atoms with Gasteiger partial charge in [0.2, 0.25) is 0 Å². The van der Waals surface area contributed by atoms with Crippen LogP contribution in [0.15, 0.2) is 36.7 Å². The van der Waals surface area contributed by atoms with E-state index in [2.05, 4.69) is 9.72 Å². The van der Waals surface area contributed by atoms with Crippen molar-refractivity contribution >= 4 is 5.97 Å². The zero-order valence-electron chi connectivity index (χ0n) is 11.2. The van der Waals surface area contributed by atoms with Crippen molar-refractivity contribution < 1.29 is 32.5 Å². The minimum atomic E-state index is -4.90. The lowest BCUT2D eigenvalue weighted by Crippen LogP contribution is -2.17. The lowest BCUT2D eigenvalue weighted by Gasteiger charge is -2.15. The molecule has 0 unspecified atom stereocenters. The number of ether oxygens (including phenoxy) is 2. The molecule has 0 aliphatic rings. The van der Waals surface area contributed by atoms with Crippen LogP contribution in [0.3, 0.4) is 0 Å². The van der Waals surface area contributed by atoms with Crippen LogP contribution >= 0.6 is 0 Å². The monoisotopic (exact) mass is 313 g/mol. The Labute approximate surface area is 122 Å². The zero-order chi connectivity index (χ0) is 16.3. The average Bonchev–Trinajstić information content (AvgIpc) is 2.45. The first-order valence-electron chi connectivity index (χ1n) is 5.94. The van der Waals surface area contributed by atoms with Crippen molar-refractivity contribution in [3.8, 4) is 22.6 Å². The van der Waals surface area contributed by atoms with Gasteiger partial charge in [-0.1, -0.05) is 18.2 Å². The van der Waals surface area contributed by atoms with Crippen molar-refractivity contribution in [2.45, 2.75) is 6.36 Å². The van der Waals surface area contributed by atoms with Gasteiger partial charge >= 0.3 is 12.3 Å². The number of rotatable bonds is 4. The maximum atomic E-state index is 12.5. The summed E-state index contributed by atoms with van der Waals surface area (Å²) in [4.78, 5) is 15.2. The van der Waals surface area contributed by atoms with E-state index >= 15 is 0 Å². The molecule has 2 rings (SSSR count). The van der Waals surface area contributed by atoms with Crippen LogP contribution in [-0.4, -0.2) is 29.5 Å². The molecule has 0 amide bonds. The molecule has 8 heteroatoms. The van der Waals surface area contributed by atoms with Crippen LogP contribution in [0.2, 0.25) is 0 Å². The first kappa shape index (κ1) is 15.6. The number of halogens is 3. The normalized spacial score (nSPS) is 11.1. The van der Waals surface area contributed by atoms with E-state index in [1.54, 1.807) is 0 Å². The second-order valence-electron chi connectivity index (χ2n) is 4.11. The Morgan fingerprint density at radius 1 is 1.14 bits per heavy atom. The predicted octanol–water partition coefficient (Wildman–Crippen LogP) is 3.35. The Hall–Kier alpha value is -2.77. The maximum absolute atomic E-state index is 12.5. The van der Waals surface area contributed by atoms with E-state index in [1.165, 1.54) is 31.5 Å². The standard InChI is InChI=1S/C14H10F3NO4/c1-21-11-7-18-6-9(12(11)13(19)20)8-4-2-3-5-10(8)22-14(15,16)17/h2-7H,1H3,(H,19,20). The highest BCUT2D eigenvalue weighted by Gasteiger charge is 2.33. The van der Waals surface area contributed by atoms with Gasteiger partial charge in [0.25, 0.3) is 0 Å². The number of aromatic nitrogens is 1. The van der Waals surface area contributed by atoms with Crippen LogP contribution < -0.4 is 9.47 Å². The summed E-state index contributed by atoms with van der Waals surface area (Å²) < 4.78 is 46.2. The summed E-state index contributed by atoms with van der Waals surface area (Å²) in [6, 6.07) is 5.21. The minimum absolute atomic E-state index is 0.0355. The van der Waals surface area contributed by atoms with Crippen molar-refractivity contribution in [3.63, 3.8) is 0 Å². The fraction of sp³-hybridized carbons (Fsp3) is 0.143. The largest absolute Gasteiger partial charge is 0.573 e. The van der Waals surface area contributed by atoms with E-state index in [0.29, 0.717) is 0 Å². The molecule has 1 aromatic heterocycles. The molecule has 0 saturated heterocycles. The Morgan fingerprint density at radius 3 is 2.41 bits per heavy atom. The van der Waals surface area contributed by atoms with Crippen molar-refractivity contribution in [1.29, 1.82) is 0 Å². The Balaban J connectivity index is 2.65. The molecular weight excluding hydrogens is 303 g/mol. The fourth-order valence-electron chi connectivity index (χ4n) is 1.92. The van der Waals surface area contributed by atoms with Gasteiger partial charge in [-0.2, -0.15) is 0 Å². The molecule has 0 spiro atoms. The molecule has 0 radical (unpaired) electrons. The summed E-state index contributed by atoms with van der Waals surface area (Å²) in [7, 11) is 1.24. The lowest BCUT2D eigenvalue weighted by atomic mass is 10.0. The highest BCUT2D eigenvalue weighted by atomic mass is 19.4. The molecule has 0 saturated carbocycles. The molecule has 22 heavy (non-hydrogen) atoms. The van der Waals surface area contributed by atoms with Crippen molar-refractivity contribution in [3.05, 3.63) is 42.2 Å². The average molecular weight is 313 g/mol. The Morgan fingerprint density at radius 2 is 1.82 bits per heavy atom. The van der Waals surface area contributed by atoms with Gasteiger partial charge < -0.3 is 14.6 Å². The van der Waals surface area contributed by atoms with Crippen molar-refractivity contribution in [2.24, 2.45) is 0 Å². The number of aromatic carboxylic acids is 1. The highest BCUT2D eigenvalue weighted by molar-refractivity contribution is 5.99. The molecule has 0 bridgehead atoms. The van der Waals surface area contributed by atoms with Gasteiger partial charge in [-0.05, 0) is 6.07 Å². The van der Waals surface area contributed by atoms with E-state index in [0.717, 1.165) is 12.3 Å². The molecule has 1 N–H and O–H groups in total. The molecule has 116 valence electrons. The van der Waals surface area contributed by atoms with Crippen LogP contribution in [0, 0.1) is 0 Å². The molecule has 2 aromatic rings. The van der Waals surface area contributed by atoms with Crippen LogP contribution in [-0.2, 0) is 0 Å². The molecule has 5 nitrogen and oxygen atoms in total. The number of benzene rings is 1. The number of pyridine rings is 1. The van der Waals surface area contributed by atoms with Crippen LogP contribution in [0.25, 0.3) is 11.1 Å². The molecule has 0 atom stereocenters. The SMILES string of the molecule is COc1cncc(-c2ccccc2OC(F)(F)F)c1C(=O)O.